The van der Waals surface area contributed by atoms with Crippen LogP contribution in [-0.2, 0) is 17.8 Å². The van der Waals surface area contributed by atoms with Crippen molar-refractivity contribution in [2.24, 2.45) is 5.92 Å². The molecule has 4 heteroatoms. The summed E-state index contributed by atoms with van der Waals surface area (Å²) in [6.07, 6.45) is 0.718. The highest BCUT2D eigenvalue weighted by Gasteiger charge is 2.14. The van der Waals surface area contributed by atoms with Crippen LogP contribution in [-0.4, -0.2) is 24.2 Å². The molecule has 1 unspecified atom stereocenters. The van der Waals surface area contributed by atoms with E-state index >= 15 is 0 Å². The molecule has 2 aromatic rings. The Morgan fingerprint density at radius 3 is 2.57 bits per heavy atom. The van der Waals surface area contributed by atoms with Gasteiger partial charge in [0.25, 0.3) is 0 Å². The van der Waals surface area contributed by atoms with Gasteiger partial charge in [-0.1, -0.05) is 55.5 Å². The molecule has 2 N–H and O–H groups in total. The van der Waals surface area contributed by atoms with E-state index in [1.807, 2.05) is 61.5 Å². The summed E-state index contributed by atoms with van der Waals surface area (Å²) in [6, 6.07) is 17.5. The van der Waals surface area contributed by atoms with Crippen LogP contribution < -0.4 is 10.1 Å². The number of hydrogen-bond donors (Lipinski definition) is 2. The number of amides is 1. The number of rotatable bonds is 8. The first-order valence-electron chi connectivity index (χ1n) is 7.84. The molecule has 0 saturated carbocycles. The number of carbonyl (C=O) groups excluding carboxylic acids is 1. The fourth-order valence-electron chi connectivity index (χ4n) is 2.36. The molecule has 23 heavy (non-hydrogen) atoms. The van der Waals surface area contributed by atoms with Crippen LogP contribution in [0, 0.1) is 5.92 Å². The second-order valence-electron chi connectivity index (χ2n) is 5.49. The maximum absolute atomic E-state index is 12.3. The van der Waals surface area contributed by atoms with Crippen LogP contribution >= 0.6 is 0 Å². The van der Waals surface area contributed by atoms with Gasteiger partial charge in [-0.15, -0.1) is 0 Å². The van der Waals surface area contributed by atoms with E-state index < -0.39 is 0 Å². The van der Waals surface area contributed by atoms with Crippen molar-refractivity contribution in [2.45, 2.75) is 19.9 Å². The van der Waals surface area contributed by atoms with Crippen molar-refractivity contribution >= 4 is 5.91 Å². The molecule has 0 aromatic heterocycles. The average molecular weight is 313 g/mol. The van der Waals surface area contributed by atoms with Crippen molar-refractivity contribution in [3.05, 3.63) is 65.7 Å². The predicted molar refractivity (Wildman–Crippen MR) is 90.2 cm³/mol. The monoisotopic (exact) mass is 313 g/mol. The molecule has 0 aliphatic carbocycles. The SMILES string of the molecule is CC(Cc1ccccc1)C(=O)NCc1ccccc1OCCO. The number of para-hydroxylation sites is 1. The lowest BCUT2D eigenvalue weighted by atomic mass is 10.0. The van der Waals surface area contributed by atoms with Crippen molar-refractivity contribution in [1.82, 2.24) is 5.32 Å². The van der Waals surface area contributed by atoms with Crippen LogP contribution in [0.3, 0.4) is 0 Å². The topological polar surface area (TPSA) is 58.6 Å². The van der Waals surface area contributed by atoms with E-state index in [1.165, 1.54) is 0 Å². The van der Waals surface area contributed by atoms with Crippen LogP contribution in [0.15, 0.2) is 54.6 Å². The summed E-state index contributed by atoms with van der Waals surface area (Å²) in [7, 11) is 0. The number of aliphatic hydroxyl groups excluding tert-OH is 1. The average Bonchev–Trinajstić information content (AvgIpc) is 2.59. The summed E-state index contributed by atoms with van der Waals surface area (Å²) in [5.41, 5.74) is 2.06. The molecule has 0 aliphatic rings. The van der Waals surface area contributed by atoms with Crippen LogP contribution in [0.2, 0.25) is 0 Å². The van der Waals surface area contributed by atoms with Gasteiger partial charge in [-0.3, -0.25) is 4.79 Å². The predicted octanol–water partition coefficient (Wildman–Crippen LogP) is 2.55. The molecule has 1 atom stereocenters. The standard InChI is InChI=1S/C19H23NO3/c1-15(13-16-7-3-2-4-8-16)19(22)20-14-17-9-5-6-10-18(17)23-12-11-21/h2-10,15,21H,11-14H2,1H3,(H,20,22). The molecule has 0 heterocycles. The molecule has 0 saturated heterocycles. The van der Waals surface area contributed by atoms with E-state index in [0.29, 0.717) is 12.3 Å². The van der Waals surface area contributed by atoms with Gasteiger partial charge >= 0.3 is 0 Å². The first kappa shape index (κ1) is 17.0. The van der Waals surface area contributed by atoms with Gasteiger partial charge in [-0.05, 0) is 18.1 Å². The number of nitrogens with one attached hydrogen (secondary N) is 1. The quantitative estimate of drug-likeness (QED) is 0.787. The van der Waals surface area contributed by atoms with Crippen molar-refractivity contribution in [2.75, 3.05) is 13.2 Å². The molecule has 0 spiro atoms. The van der Waals surface area contributed by atoms with Gasteiger partial charge in [0, 0.05) is 18.0 Å². The minimum atomic E-state index is -0.0945. The molecule has 4 nitrogen and oxygen atoms in total. The lowest BCUT2D eigenvalue weighted by Gasteiger charge is -2.14. The van der Waals surface area contributed by atoms with E-state index in [1.54, 1.807) is 0 Å². The fourth-order valence-corrected chi connectivity index (χ4v) is 2.36. The van der Waals surface area contributed by atoms with Crippen LogP contribution in [0.4, 0.5) is 0 Å². The lowest BCUT2D eigenvalue weighted by Crippen LogP contribution is -2.30. The number of ether oxygens (including phenoxy) is 1. The highest BCUT2D eigenvalue weighted by atomic mass is 16.5. The number of aliphatic hydroxyl groups is 1. The third-order valence-corrected chi connectivity index (χ3v) is 3.61. The molecule has 0 aliphatic heterocycles. The van der Waals surface area contributed by atoms with Gasteiger partial charge < -0.3 is 15.2 Å². The third kappa shape index (κ3) is 5.42. The number of benzene rings is 2. The van der Waals surface area contributed by atoms with Crippen molar-refractivity contribution < 1.29 is 14.6 Å². The van der Waals surface area contributed by atoms with Crippen LogP contribution in [0.1, 0.15) is 18.1 Å². The van der Waals surface area contributed by atoms with E-state index in [9.17, 15) is 4.79 Å². The summed E-state index contributed by atoms with van der Waals surface area (Å²) in [5.74, 6) is 0.617. The summed E-state index contributed by atoms with van der Waals surface area (Å²) >= 11 is 0. The van der Waals surface area contributed by atoms with E-state index in [4.69, 9.17) is 9.84 Å². The maximum Gasteiger partial charge on any atom is 0.223 e. The molecule has 1 amide bonds. The smallest absolute Gasteiger partial charge is 0.223 e. The van der Waals surface area contributed by atoms with Crippen LogP contribution in [0.25, 0.3) is 0 Å². The highest BCUT2D eigenvalue weighted by molar-refractivity contribution is 5.78. The van der Waals surface area contributed by atoms with E-state index in [-0.39, 0.29) is 25.0 Å². The molecular formula is C19H23NO3. The molecule has 122 valence electrons. The molecule has 0 radical (unpaired) electrons. The highest BCUT2D eigenvalue weighted by Crippen LogP contribution is 2.18. The normalized spacial score (nSPS) is 11.7. The number of carbonyl (C=O) groups is 1. The summed E-state index contributed by atoms with van der Waals surface area (Å²) in [5, 5.41) is 11.8. The molecule has 0 fully saturated rings. The summed E-state index contributed by atoms with van der Waals surface area (Å²) in [4.78, 5) is 12.3. The van der Waals surface area contributed by atoms with Crippen molar-refractivity contribution in [3.8, 4) is 5.75 Å². The Morgan fingerprint density at radius 1 is 1.13 bits per heavy atom. The molecule has 2 rings (SSSR count). The molecular weight excluding hydrogens is 290 g/mol. The third-order valence-electron chi connectivity index (χ3n) is 3.61. The van der Waals surface area contributed by atoms with Gasteiger partial charge in [-0.25, -0.2) is 0 Å². The van der Waals surface area contributed by atoms with Gasteiger partial charge in [0.1, 0.15) is 12.4 Å². The first-order chi connectivity index (χ1) is 11.2. The minimum Gasteiger partial charge on any atom is -0.491 e. The number of hydrogen-bond acceptors (Lipinski definition) is 3. The second-order valence-corrected chi connectivity index (χ2v) is 5.49. The Bertz CT molecular complexity index is 613. The summed E-state index contributed by atoms with van der Waals surface area (Å²) < 4.78 is 5.47. The van der Waals surface area contributed by atoms with E-state index in [0.717, 1.165) is 17.5 Å². The van der Waals surface area contributed by atoms with Crippen molar-refractivity contribution in [1.29, 1.82) is 0 Å². The Kier molecular flexibility index (Phi) is 6.63. The summed E-state index contributed by atoms with van der Waals surface area (Å²) in [6.45, 7) is 2.56. The van der Waals surface area contributed by atoms with Gasteiger partial charge in [-0.2, -0.15) is 0 Å². The Labute approximate surface area is 137 Å². The van der Waals surface area contributed by atoms with Crippen molar-refractivity contribution in [3.63, 3.8) is 0 Å². The van der Waals surface area contributed by atoms with Gasteiger partial charge in [0.05, 0.1) is 6.61 Å². The fraction of sp³-hybridized carbons (Fsp3) is 0.316. The van der Waals surface area contributed by atoms with Gasteiger partial charge in [0.15, 0.2) is 0 Å². The second kappa shape index (κ2) is 8.96. The maximum atomic E-state index is 12.3. The lowest BCUT2D eigenvalue weighted by molar-refractivity contribution is -0.124. The zero-order chi connectivity index (χ0) is 16.5. The van der Waals surface area contributed by atoms with Gasteiger partial charge in [0.2, 0.25) is 5.91 Å². The Balaban J connectivity index is 1.89. The zero-order valence-electron chi connectivity index (χ0n) is 13.4. The first-order valence-corrected chi connectivity index (χ1v) is 7.84. The Morgan fingerprint density at radius 2 is 1.83 bits per heavy atom. The Hall–Kier alpha value is -2.33. The largest absolute Gasteiger partial charge is 0.491 e. The van der Waals surface area contributed by atoms with E-state index in [2.05, 4.69) is 5.32 Å². The van der Waals surface area contributed by atoms with Crippen LogP contribution in [0.5, 0.6) is 5.75 Å². The minimum absolute atomic E-state index is 0.0193. The molecule has 2 aromatic carbocycles. The molecule has 0 bridgehead atoms. The zero-order valence-corrected chi connectivity index (χ0v) is 13.4.